The average molecular weight is 305 g/mol. The Balaban J connectivity index is 2.11. The zero-order valence-electron chi connectivity index (χ0n) is 12.4. The van der Waals surface area contributed by atoms with Crippen LogP contribution in [-0.4, -0.2) is 4.21 Å². The molecule has 2 N–H and O–H groups in total. The van der Waals surface area contributed by atoms with Gasteiger partial charge in [-0.05, 0) is 31.0 Å². The molecule has 0 saturated heterocycles. The van der Waals surface area contributed by atoms with E-state index in [1.165, 1.54) is 6.07 Å². The molecule has 2 aromatic carbocycles. The van der Waals surface area contributed by atoms with Gasteiger partial charge in [0.2, 0.25) is 0 Å². The fourth-order valence-corrected chi connectivity index (χ4v) is 3.64. The molecule has 0 amide bonds. The summed E-state index contributed by atoms with van der Waals surface area (Å²) in [4.78, 5) is 0. The van der Waals surface area contributed by atoms with Crippen LogP contribution in [0.3, 0.4) is 0 Å². The summed E-state index contributed by atoms with van der Waals surface area (Å²) in [6, 6.07) is 10.9. The number of nitrogens with two attached hydrogens (primary N) is 1. The molecule has 2 nitrogen and oxygen atoms in total. The molecule has 21 heavy (non-hydrogen) atoms. The molecular formula is C17H20FNOS. The topological polar surface area (TPSA) is 43.1 Å². The summed E-state index contributed by atoms with van der Waals surface area (Å²) in [5.74, 6) is 0.336. The first kappa shape index (κ1) is 15.9. The van der Waals surface area contributed by atoms with E-state index in [9.17, 15) is 8.60 Å². The molecule has 0 aliphatic carbocycles. The highest BCUT2D eigenvalue weighted by atomic mass is 32.2. The smallest absolute Gasteiger partial charge is 0.127 e. The number of halogens is 1. The van der Waals surface area contributed by atoms with Crippen LogP contribution in [0, 0.1) is 19.7 Å². The Morgan fingerprint density at radius 3 is 2.29 bits per heavy atom. The van der Waals surface area contributed by atoms with Gasteiger partial charge >= 0.3 is 0 Å². The maximum Gasteiger partial charge on any atom is 0.127 e. The minimum Gasteiger partial charge on any atom is -0.326 e. The van der Waals surface area contributed by atoms with Crippen LogP contribution < -0.4 is 5.73 Å². The van der Waals surface area contributed by atoms with Crippen molar-refractivity contribution < 1.29 is 8.60 Å². The van der Waals surface area contributed by atoms with Crippen LogP contribution in [-0.2, 0) is 28.9 Å². The lowest BCUT2D eigenvalue weighted by Crippen LogP contribution is -2.04. The molecule has 0 aliphatic heterocycles. The Hall–Kier alpha value is -1.52. The van der Waals surface area contributed by atoms with Crippen molar-refractivity contribution in [2.24, 2.45) is 5.73 Å². The standard InChI is InChI=1S/C17H20FNOS/c1-12-5-13(2)7-15(6-12)10-21(20)11-16-8-14(9-19)3-4-17(16)18/h3-8H,9-11,19H2,1-2H3. The van der Waals surface area contributed by atoms with Gasteiger partial charge in [-0.1, -0.05) is 41.5 Å². The first-order valence-corrected chi connectivity index (χ1v) is 8.36. The van der Waals surface area contributed by atoms with Crippen molar-refractivity contribution in [3.05, 3.63) is 70.0 Å². The van der Waals surface area contributed by atoms with Crippen LogP contribution in [0.15, 0.2) is 36.4 Å². The van der Waals surface area contributed by atoms with E-state index < -0.39 is 10.8 Å². The highest BCUT2D eigenvalue weighted by Gasteiger charge is 2.09. The van der Waals surface area contributed by atoms with Crippen LogP contribution in [0.4, 0.5) is 4.39 Å². The molecule has 0 radical (unpaired) electrons. The Labute approximate surface area is 127 Å². The molecule has 2 aromatic rings. The fraction of sp³-hybridized carbons (Fsp3) is 0.294. The van der Waals surface area contributed by atoms with Crippen molar-refractivity contribution in [2.75, 3.05) is 0 Å². The minimum atomic E-state index is -1.14. The second kappa shape index (κ2) is 6.96. The lowest BCUT2D eigenvalue weighted by atomic mass is 10.1. The van der Waals surface area contributed by atoms with Crippen molar-refractivity contribution >= 4 is 10.8 Å². The van der Waals surface area contributed by atoms with E-state index in [1.807, 2.05) is 26.0 Å². The van der Waals surface area contributed by atoms with Crippen molar-refractivity contribution in [2.45, 2.75) is 31.9 Å². The normalized spacial score (nSPS) is 12.4. The first-order chi connectivity index (χ1) is 9.97. The minimum absolute atomic E-state index is 0.215. The second-order valence-corrected chi connectivity index (χ2v) is 6.81. The van der Waals surface area contributed by atoms with Crippen molar-refractivity contribution in [1.82, 2.24) is 0 Å². The lowest BCUT2D eigenvalue weighted by molar-refractivity contribution is 0.614. The third-order valence-electron chi connectivity index (χ3n) is 3.27. The van der Waals surface area contributed by atoms with Gasteiger partial charge in [-0.15, -0.1) is 0 Å². The van der Waals surface area contributed by atoms with Crippen molar-refractivity contribution in [3.8, 4) is 0 Å². The predicted molar refractivity (Wildman–Crippen MR) is 85.8 cm³/mol. The van der Waals surface area contributed by atoms with Crippen LogP contribution in [0.25, 0.3) is 0 Å². The molecule has 1 unspecified atom stereocenters. The Morgan fingerprint density at radius 2 is 1.67 bits per heavy atom. The highest BCUT2D eigenvalue weighted by Crippen LogP contribution is 2.16. The third-order valence-corrected chi connectivity index (χ3v) is 4.56. The summed E-state index contributed by atoms with van der Waals surface area (Å²) in [5, 5.41) is 0. The highest BCUT2D eigenvalue weighted by molar-refractivity contribution is 7.83. The molecule has 0 saturated carbocycles. The van der Waals surface area contributed by atoms with E-state index in [1.54, 1.807) is 12.1 Å². The Kier molecular flexibility index (Phi) is 5.26. The maximum absolute atomic E-state index is 13.8. The van der Waals surface area contributed by atoms with E-state index in [-0.39, 0.29) is 11.6 Å². The molecule has 2 rings (SSSR count). The Morgan fingerprint density at radius 1 is 1.00 bits per heavy atom. The van der Waals surface area contributed by atoms with Gasteiger partial charge in [-0.25, -0.2) is 4.39 Å². The summed E-state index contributed by atoms with van der Waals surface area (Å²) in [7, 11) is -1.14. The van der Waals surface area contributed by atoms with Crippen molar-refractivity contribution in [1.29, 1.82) is 0 Å². The summed E-state index contributed by atoms with van der Waals surface area (Å²) in [6.07, 6.45) is 0. The van der Waals surface area contributed by atoms with Gasteiger partial charge in [0, 0.05) is 28.7 Å². The number of rotatable bonds is 5. The zero-order valence-corrected chi connectivity index (χ0v) is 13.2. The molecule has 1 atom stereocenters. The molecule has 0 fully saturated rings. The average Bonchev–Trinajstić information content (AvgIpc) is 2.40. The lowest BCUT2D eigenvalue weighted by Gasteiger charge is -2.08. The van der Waals surface area contributed by atoms with Gasteiger partial charge in [-0.2, -0.15) is 0 Å². The summed E-state index contributed by atoms with van der Waals surface area (Å²) < 4.78 is 26.0. The summed E-state index contributed by atoms with van der Waals surface area (Å²) in [5.41, 5.74) is 10.2. The first-order valence-electron chi connectivity index (χ1n) is 6.87. The van der Waals surface area contributed by atoms with E-state index in [4.69, 9.17) is 5.73 Å². The summed E-state index contributed by atoms with van der Waals surface area (Å²) >= 11 is 0. The van der Waals surface area contributed by atoms with Crippen LogP contribution in [0.5, 0.6) is 0 Å². The number of hydrogen-bond acceptors (Lipinski definition) is 2. The molecule has 4 heteroatoms. The monoisotopic (exact) mass is 305 g/mol. The Bertz CT molecular complexity index is 650. The van der Waals surface area contributed by atoms with Gasteiger partial charge in [0.1, 0.15) is 5.82 Å². The second-order valence-electron chi connectivity index (χ2n) is 5.35. The maximum atomic E-state index is 13.8. The van der Waals surface area contributed by atoms with Gasteiger partial charge < -0.3 is 5.73 Å². The molecule has 0 aromatic heterocycles. The van der Waals surface area contributed by atoms with E-state index in [0.29, 0.717) is 17.9 Å². The number of benzene rings is 2. The van der Waals surface area contributed by atoms with E-state index >= 15 is 0 Å². The predicted octanol–water partition coefficient (Wildman–Crippen LogP) is 3.35. The number of hydrogen-bond donors (Lipinski definition) is 1. The third kappa shape index (κ3) is 4.48. The summed E-state index contributed by atoms with van der Waals surface area (Å²) in [6.45, 7) is 4.39. The van der Waals surface area contributed by atoms with E-state index in [0.717, 1.165) is 22.3 Å². The van der Waals surface area contributed by atoms with Crippen LogP contribution in [0.2, 0.25) is 0 Å². The SMILES string of the molecule is Cc1cc(C)cc(CS(=O)Cc2cc(CN)ccc2F)c1. The largest absolute Gasteiger partial charge is 0.326 e. The number of aryl methyl sites for hydroxylation is 2. The van der Waals surface area contributed by atoms with Crippen LogP contribution >= 0.6 is 0 Å². The molecule has 0 aliphatic rings. The molecule has 0 spiro atoms. The molecule has 112 valence electrons. The van der Waals surface area contributed by atoms with Gasteiger partial charge in [0.15, 0.2) is 0 Å². The fourth-order valence-electron chi connectivity index (χ4n) is 2.43. The molecular weight excluding hydrogens is 285 g/mol. The van der Waals surface area contributed by atoms with Gasteiger partial charge in [-0.3, -0.25) is 4.21 Å². The quantitative estimate of drug-likeness (QED) is 0.920. The zero-order chi connectivity index (χ0) is 15.4. The van der Waals surface area contributed by atoms with Gasteiger partial charge in [0.25, 0.3) is 0 Å². The van der Waals surface area contributed by atoms with Crippen molar-refractivity contribution in [3.63, 3.8) is 0 Å². The van der Waals surface area contributed by atoms with E-state index in [2.05, 4.69) is 6.07 Å². The van der Waals surface area contributed by atoms with Crippen LogP contribution in [0.1, 0.15) is 27.8 Å². The van der Waals surface area contributed by atoms with Gasteiger partial charge in [0.05, 0.1) is 5.75 Å². The molecule has 0 bridgehead atoms. The molecule has 0 heterocycles.